The van der Waals surface area contributed by atoms with Gasteiger partial charge < -0.3 is 15.1 Å². The Labute approximate surface area is 167 Å². The molecule has 0 saturated carbocycles. The second kappa shape index (κ2) is 14.0. The fourth-order valence-electron chi connectivity index (χ4n) is 3.97. The molecule has 158 valence electrons. The molecule has 0 aromatic heterocycles. The second-order valence-corrected chi connectivity index (χ2v) is 8.42. The van der Waals surface area contributed by atoms with Gasteiger partial charge in [0.2, 0.25) is 12.3 Å². The first-order chi connectivity index (χ1) is 13.0. The maximum atomic E-state index is 11.8. The summed E-state index contributed by atoms with van der Waals surface area (Å²) in [5.74, 6) is 1.42. The van der Waals surface area contributed by atoms with Gasteiger partial charge in [-0.05, 0) is 65.0 Å². The third-order valence-electron chi connectivity index (χ3n) is 5.96. The number of amides is 2. The molecule has 0 bridgehead atoms. The average molecular weight is 382 g/mol. The lowest BCUT2D eigenvalue weighted by molar-refractivity contribution is -0.126. The molecule has 0 atom stereocenters. The van der Waals surface area contributed by atoms with E-state index in [-0.39, 0.29) is 11.8 Å². The van der Waals surface area contributed by atoms with Crippen molar-refractivity contribution in [3.63, 3.8) is 0 Å². The van der Waals surface area contributed by atoms with Crippen LogP contribution in [0.4, 0.5) is 0 Å². The highest BCUT2D eigenvalue weighted by atomic mass is 16.2. The Morgan fingerprint density at radius 3 is 2.15 bits per heavy atom. The van der Waals surface area contributed by atoms with Crippen molar-refractivity contribution in [2.75, 3.05) is 32.7 Å². The van der Waals surface area contributed by atoms with Crippen LogP contribution in [0, 0.1) is 11.8 Å². The lowest BCUT2D eigenvalue weighted by Crippen LogP contribution is -2.43. The van der Waals surface area contributed by atoms with E-state index in [4.69, 9.17) is 0 Å². The van der Waals surface area contributed by atoms with Crippen molar-refractivity contribution >= 4 is 12.3 Å². The molecule has 5 heteroatoms. The molecule has 5 nitrogen and oxygen atoms in total. The molecule has 0 aromatic rings. The summed E-state index contributed by atoms with van der Waals surface area (Å²) in [6.07, 6.45) is 10.3. The molecule has 27 heavy (non-hydrogen) atoms. The summed E-state index contributed by atoms with van der Waals surface area (Å²) < 4.78 is 0. The van der Waals surface area contributed by atoms with E-state index in [0.717, 1.165) is 70.7 Å². The Hall–Kier alpha value is -1.10. The van der Waals surface area contributed by atoms with Crippen LogP contribution in [0.1, 0.15) is 79.1 Å². The number of unbranched alkanes of at least 4 members (excludes halogenated alkanes) is 1. The second-order valence-electron chi connectivity index (χ2n) is 8.42. The Bertz CT molecular complexity index is 398. The van der Waals surface area contributed by atoms with Crippen LogP contribution in [0.3, 0.4) is 0 Å². The molecule has 1 N–H and O–H groups in total. The summed E-state index contributed by atoms with van der Waals surface area (Å²) in [6, 6.07) is 0.615. The summed E-state index contributed by atoms with van der Waals surface area (Å²) in [6.45, 7) is 13.8. The fourth-order valence-corrected chi connectivity index (χ4v) is 3.97. The predicted molar refractivity (Wildman–Crippen MR) is 113 cm³/mol. The molecular formula is C22H43N3O2. The SMILES string of the molecule is CCCC1CCN(C=O)CC1.CCCCNC(=O)C1CCN(C(C)C)CC1. The van der Waals surface area contributed by atoms with Gasteiger partial charge in [-0.15, -0.1) is 0 Å². The van der Waals surface area contributed by atoms with Crippen LogP contribution < -0.4 is 5.32 Å². The van der Waals surface area contributed by atoms with Crippen LogP contribution in [0.25, 0.3) is 0 Å². The van der Waals surface area contributed by atoms with Gasteiger partial charge in [0.15, 0.2) is 0 Å². The number of rotatable bonds is 8. The Morgan fingerprint density at radius 1 is 1.04 bits per heavy atom. The van der Waals surface area contributed by atoms with Gasteiger partial charge in [-0.3, -0.25) is 9.59 Å². The molecule has 0 aromatic carbocycles. The number of carbonyl (C=O) groups is 2. The van der Waals surface area contributed by atoms with E-state index >= 15 is 0 Å². The molecule has 2 aliphatic rings. The molecule has 0 aliphatic carbocycles. The lowest BCUT2D eigenvalue weighted by Gasteiger charge is -2.33. The first-order valence-electron chi connectivity index (χ1n) is 11.2. The van der Waals surface area contributed by atoms with E-state index in [1.807, 2.05) is 4.90 Å². The minimum atomic E-state index is 0.256. The smallest absolute Gasteiger partial charge is 0.223 e. The van der Waals surface area contributed by atoms with Crippen LogP contribution in [-0.2, 0) is 9.59 Å². The number of nitrogens with zero attached hydrogens (tertiary/aromatic N) is 2. The number of piperidine rings is 2. The maximum Gasteiger partial charge on any atom is 0.223 e. The molecule has 2 amide bonds. The van der Waals surface area contributed by atoms with Crippen LogP contribution in [0.2, 0.25) is 0 Å². The van der Waals surface area contributed by atoms with E-state index in [1.165, 1.54) is 25.7 Å². The first-order valence-corrected chi connectivity index (χ1v) is 11.2. The summed E-state index contributed by atoms with van der Waals surface area (Å²) >= 11 is 0. The van der Waals surface area contributed by atoms with Crippen molar-refractivity contribution in [2.45, 2.75) is 85.1 Å². The Kier molecular flexibility index (Phi) is 12.4. The normalized spacial score (nSPS) is 19.5. The molecule has 2 saturated heterocycles. The number of likely N-dealkylation sites (tertiary alicyclic amines) is 2. The topological polar surface area (TPSA) is 52.7 Å². The van der Waals surface area contributed by atoms with Gasteiger partial charge in [0.1, 0.15) is 0 Å². The minimum absolute atomic E-state index is 0.256. The standard InChI is InChI=1S/C13H26N2O.C9H17NO/c1-4-5-8-14-13(16)12-6-9-15(10-7-12)11(2)3;1-2-3-9-4-6-10(8-11)7-5-9/h11-12H,4-10H2,1-3H3,(H,14,16);8-9H,2-7H2,1H3. The van der Waals surface area contributed by atoms with Crippen molar-refractivity contribution in [3.8, 4) is 0 Å². The Balaban J connectivity index is 0.000000289. The summed E-state index contributed by atoms with van der Waals surface area (Å²) in [5.41, 5.74) is 0. The van der Waals surface area contributed by atoms with Crippen molar-refractivity contribution in [3.05, 3.63) is 0 Å². The molecular weight excluding hydrogens is 338 g/mol. The average Bonchev–Trinajstić information content (AvgIpc) is 2.69. The molecule has 2 fully saturated rings. The fraction of sp³-hybridized carbons (Fsp3) is 0.909. The zero-order chi connectivity index (χ0) is 20.1. The van der Waals surface area contributed by atoms with Gasteiger partial charge in [-0.1, -0.05) is 33.1 Å². The minimum Gasteiger partial charge on any atom is -0.356 e. The zero-order valence-corrected chi connectivity index (χ0v) is 18.2. The van der Waals surface area contributed by atoms with Crippen LogP contribution in [0.15, 0.2) is 0 Å². The monoisotopic (exact) mass is 381 g/mol. The number of carbonyl (C=O) groups excluding carboxylic acids is 2. The van der Waals surface area contributed by atoms with E-state index in [9.17, 15) is 9.59 Å². The molecule has 2 heterocycles. The number of nitrogens with one attached hydrogen (secondary N) is 1. The molecule has 0 radical (unpaired) electrons. The zero-order valence-electron chi connectivity index (χ0n) is 18.2. The van der Waals surface area contributed by atoms with Gasteiger partial charge in [-0.2, -0.15) is 0 Å². The van der Waals surface area contributed by atoms with Crippen molar-refractivity contribution in [1.29, 1.82) is 0 Å². The number of hydrogen-bond acceptors (Lipinski definition) is 3. The Morgan fingerprint density at radius 2 is 1.67 bits per heavy atom. The molecule has 2 aliphatic heterocycles. The van der Waals surface area contributed by atoms with Gasteiger partial charge in [0.05, 0.1) is 0 Å². The van der Waals surface area contributed by atoms with Crippen LogP contribution in [-0.4, -0.2) is 60.9 Å². The quantitative estimate of drug-likeness (QED) is 0.515. The van der Waals surface area contributed by atoms with Gasteiger partial charge in [0.25, 0.3) is 0 Å². The predicted octanol–water partition coefficient (Wildman–Crippen LogP) is 3.68. The van der Waals surface area contributed by atoms with Crippen molar-refractivity contribution in [2.24, 2.45) is 11.8 Å². The largest absolute Gasteiger partial charge is 0.356 e. The highest BCUT2D eigenvalue weighted by Crippen LogP contribution is 2.20. The van der Waals surface area contributed by atoms with Crippen LogP contribution in [0.5, 0.6) is 0 Å². The van der Waals surface area contributed by atoms with Crippen molar-refractivity contribution < 1.29 is 9.59 Å². The molecule has 0 spiro atoms. The summed E-state index contributed by atoms with van der Waals surface area (Å²) in [5, 5.41) is 3.04. The highest BCUT2D eigenvalue weighted by molar-refractivity contribution is 5.78. The van der Waals surface area contributed by atoms with E-state index in [2.05, 4.69) is 37.9 Å². The summed E-state index contributed by atoms with van der Waals surface area (Å²) in [7, 11) is 0. The third kappa shape index (κ3) is 9.59. The molecule has 0 unspecified atom stereocenters. The van der Waals surface area contributed by atoms with Gasteiger partial charge in [-0.25, -0.2) is 0 Å². The first kappa shape index (κ1) is 23.9. The number of hydrogen-bond donors (Lipinski definition) is 1. The highest BCUT2D eigenvalue weighted by Gasteiger charge is 2.25. The van der Waals surface area contributed by atoms with E-state index in [0.29, 0.717) is 6.04 Å². The molecule has 2 rings (SSSR count). The van der Waals surface area contributed by atoms with E-state index in [1.54, 1.807) is 0 Å². The summed E-state index contributed by atoms with van der Waals surface area (Å²) in [4.78, 5) is 26.5. The van der Waals surface area contributed by atoms with Gasteiger partial charge >= 0.3 is 0 Å². The van der Waals surface area contributed by atoms with Gasteiger partial charge in [0, 0.05) is 31.6 Å². The maximum absolute atomic E-state index is 11.8. The third-order valence-corrected chi connectivity index (χ3v) is 5.96. The lowest BCUT2D eigenvalue weighted by atomic mass is 9.93. The van der Waals surface area contributed by atoms with E-state index < -0.39 is 0 Å². The van der Waals surface area contributed by atoms with Crippen LogP contribution >= 0.6 is 0 Å². The van der Waals surface area contributed by atoms with Crippen molar-refractivity contribution in [1.82, 2.24) is 15.1 Å².